The Morgan fingerprint density at radius 1 is 1.05 bits per heavy atom. The van der Waals surface area contributed by atoms with E-state index in [4.69, 9.17) is 4.98 Å². The Labute approximate surface area is 250 Å². The number of nitrogens with zero attached hydrogens (tertiary/aromatic N) is 4. The maximum Gasteiger partial charge on any atom is 0.273 e. The van der Waals surface area contributed by atoms with Gasteiger partial charge in [0.1, 0.15) is 9.22 Å². The molecule has 1 aliphatic heterocycles. The Bertz CT molecular complexity index is 1710. The Balaban J connectivity index is 0.00000302. The van der Waals surface area contributed by atoms with Gasteiger partial charge in [-0.3, -0.25) is 14.2 Å². The highest BCUT2D eigenvalue weighted by atomic mass is 32.2. The Morgan fingerprint density at radius 2 is 1.95 bits per heavy atom. The summed E-state index contributed by atoms with van der Waals surface area (Å²) in [5.41, 5.74) is 3.64. The van der Waals surface area contributed by atoms with Crippen molar-refractivity contribution < 1.29 is 8.42 Å². The number of likely N-dealkylation sites (tertiary alicyclic amines) is 1. The topological polar surface area (TPSA) is 82.2 Å². The molecule has 1 N–H and O–H groups in total. The van der Waals surface area contributed by atoms with E-state index < -0.39 is 10.0 Å². The van der Waals surface area contributed by atoms with Gasteiger partial charge in [-0.05, 0) is 73.9 Å². The average Bonchev–Trinajstić information content (AvgIpc) is 3.36. The number of rotatable bonds is 9. The molecular weight excluding hydrogens is 571 g/mol. The molecule has 1 aliphatic carbocycles. The summed E-state index contributed by atoms with van der Waals surface area (Å²) in [5.74, 6) is 0.881. The number of benzene rings is 1. The lowest BCUT2D eigenvalue weighted by molar-refractivity contribution is 0.200. The van der Waals surface area contributed by atoms with Crippen LogP contribution in [0, 0.1) is 5.92 Å². The van der Waals surface area contributed by atoms with Crippen LogP contribution < -0.4 is 4.31 Å². The van der Waals surface area contributed by atoms with Gasteiger partial charge in [-0.2, -0.15) is 0 Å². The highest BCUT2D eigenvalue weighted by Crippen LogP contribution is 2.39. The summed E-state index contributed by atoms with van der Waals surface area (Å²) in [5, 5.41) is 3.73. The van der Waals surface area contributed by atoms with Gasteiger partial charge >= 0.3 is 0 Å². The van der Waals surface area contributed by atoms with E-state index in [1.54, 1.807) is 27.8 Å². The first-order valence-corrected chi connectivity index (χ1v) is 16.9. The van der Waals surface area contributed by atoms with Crippen LogP contribution in [0.2, 0.25) is 0 Å². The minimum Gasteiger partial charge on any atom is -0.351 e. The van der Waals surface area contributed by atoms with Crippen molar-refractivity contribution in [3.05, 3.63) is 82.9 Å². The molecule has 214 valence electrons. The third-order valence-electron chi connectivity index (χ3n) is 7.84. The minimum atomic E-state index is -3.64. The first kappa shape index (κ1) is 28.1. The number of hydrogen-bond donors (Lipinski definition) is 1. The van der Waals surface area contributed by atoms with E-state index in [2.05, 4.69) is 33.1 Å². The van der Waals surface area contributed by atoms with Gasteiger partial charge in [-0.25, -0.2) is 13.4 Å². The van der Waals surface area contributed by atoms with E-state index in [1.807, 2.05) is 42.0 Å². The fourth-order valence-electron chi connectivity index (χ4n) is 5.63. The molecule has 5 aromatic rings. The Morgan fingerprint density at radius 3 is 2.73 bits per heavy atom. The number of pyridine rings is 1. The lowest BCUT2D eigenvalue weighted by Gasteiger charge is -2.32. The van der Waals surface area contributed by atoms with E-state index in [9.17, 15) is 8.42 Å². The average molecular weight is 606 g/mol. The standard InChI is InChI=1S/C30H31N5O2S3.CH4/c36-40(37,28-10-5-15-38-28)35(18-21-11-12-21)27-9-3-6-22-16-26(33-29(22)27)30-32-17-24(39-30)20-34-14-4-7-23(19-34)25-8-1-2-13-31-25;/h1-3,5-6,8-10,13,15-17,21,23,33H,4,7,11-12,14,18-20H2;1H4. The van der Waals surface area contributed by atoms with Gasteiger partial charge in [0.2, 0.25) is 0 Å². The second kappa shape index (κ2) is 11.7. The molecule has 0 bridgehead atoms. The monoisotopic (exact) mass is 605 g/mol. The number of hydrogen-bond acceptors (Lipinski definition) is 7. The van der Waals surface area contributed by atoms with Crippen LogP contribution in [0.1, 0.15) is 49.6 Å². The summed E-state index contributed by atoms with van der Waals surface area (Å²) >= 11 is 2.97. The minimum absolute atomic E-state index is 0. The molecule has 0 spiro atoms. The van der Waals surface area contributed by atoms with Gasteiger partial charge in [0.25, 0.3) is 10.0 Å². The summed E-state index contributed by atoms with van der Waals surface area (Å²) in [6.45, 7) is 3.47. The normalized spacial score (nSPS) is 17.9. The summed E-state index contributed by atoms with van der Waals surface area (Å²) in [6, 6.07) is 17.7. The largest absolute Gasteiger partial charge is 0.351 e. The van der Waals surface area contributed by atoms with E-state index in [0.29, 0.717) is 28.3 Å². The van der Waals surface area contributed by atoms with Gasteiger partial charge < -0.3 is 4.98 Å². The van der Waals surface area contributed by atoms with Crippen molar-refractivity contribution >= 4 is 49.3 Å². The SMILES string of the molecule is C.O=S(=O)(c1cccs1)N(CC1CC1)c1cccc2cc(-c3ncc(CN4CCCC(c5ccccn5)C4)s3)[nH]c12. The number of nitrogens with one attached hydrogen (secondary N) is 1. The molecule has 4 aromatic heterocycles. The predicted octanol–water partition coefficient (Wildman–Crippen LogP) is 7.37. The molecule has 2 fully saturated rings. The molecule has 5 heterocycles. The lowest BCUT2D eigenvalue weighted by atomic mass is 9.94. The molecule has 1 saturated heterocycles. The molecule has 1 atom stereocenters. The van der Waals surface area contributed by atoms with Crippen molar-refractivity contribution in [2.24, 2.45) is 5.92 Å². The maximum absolute atomic E-state index is 13.7. The van der Waals surface area contributed by atoms with Crippen molar-refractivity contribution in [1.29, 1.82) is 0 Å². The molecule has 10 heteroatoms. The summed E-state index contributed by atoms with van der Waals surface area (Å²) in [4.78, 5) is 16.6. The van der Waals surface area contributed by atoms with Gasteiger partial charge in [-0.15, -0.1) is 22.7 Å². The quantitative estimate of drug-likeness (QED) is 0.190. The van der Waals surface area contributed by atoms with Gasteiger partial charge in [0, 0.05) is 53.9 Å². The number of para-hydroxylation sites is 1. The van der Waals surface area contributed by atoms with E-state index in [0.717, 1.165) is 54.1 Å². The van der Waals surface area contributed by atoms with Crippen LogP contribution in [0.15, 0.2) is 76.6 Å². The Hall–Kier alpha value is -3.05. The highest BCUT2D eigenvalue weighted by molar-refractivity contribution is 7.94. The molecule has 1 aromatic carbocycles. The lowest BCUT2D eigenvalue weighted by Crippen LogP contribution is -2.33. The number of anilines is 1. The van der Waals surface area contributed by atoms with Crippen molar-refractivity contribution in [2.45, 2.75) is 49.8 Å². The van der Waals surface area contributed by atoms with Crippen LogP contribution in [-0.4, -0.2) is 47.9 Å². The number of aromatic nitrogens is 3. The highest BCUT2D eigenvalue weighted by Gasteiger charge is 2.34. The molecule has 7 nitrogen and oxygen atoms in total. The maximum atomic E-state index is 13.7. The third-order valence-corrected chi connectivity index (χ3v) is 12.0. The number of sulfonamides is 1. The first-order chi connectivity index (χ1) is 19.5. The van der Waals surface area contributed by atoms with Crippen LogP contribution in [0.25, 0.3) is 21.6 Å². The summed E-state index contributed by atoms with van der Waals surface area (Å²) in [7, 11) is -3.64. The van der Waals surface area contributed by atoms with Gasteiger partial charge in [0.15, 0.2) is 0 Å². The van der Waals surface area contributed by atoms with Gasteiger partial charge in [0.05, 0.1) is 16.9 Å². The zero-order chi connectivity index (χ0) is 27.1. The fourth-order valence-corrected chi connectivity index (χ4v) is 9.21. The summed E-state index contributed by atoms with van der Waals surface area (Å²) < 4.78 is 29.4. The number of fused-ring (bicyclic) bond motifs is 1. The van der Waals surface area contributed by atoms with E-state index >= 15 is 0 Å². The van der Waals surface area contributed by atoms with Crippen molar-refractivity contribution in [2.75, 3.05) is 23.9 Å². The summed E-state index contributed by atoms with van der Waals surface area (Å²) in [6.07, 6.45) is 8.37. The van der Waals surface area contributed by atoms with Crippen molar-refractivity contribution in [3.8, 4) is 10.7 Å². The van der Waals surface area contributed by atoms with Crippen LogP contribution in [0.4, 0.5) is 5.69 Å². The van der Waals surface area contributed by atoms with Crippen LogP contribution in [0.5, 0.6) is 0 Å². The predicted molar refractivity (Wildman–Crippen MR) is 169 cm³/mol. The van der Waals surface area contributed by atoms with Crippen LogP contribution >= 0.6 is 22.7 Å². The zero-order valence-electron chi connectivity index (χ0n) is 22.1. The smallest absolute Gasteiger partial charge is 0.273 e. The number of thiophene rings is 1. The molecule has 0 amide bonds. The molecule has 41 heavy (non-hydrogen) atoms. The molecule has 1 unspecified atom stereocenters. The number of thiazole rings is 1. The second-order valence-corrected chi connectivity index (χ2v) is 14.9. The Kier molecular flexibility index (Phi) is 8.00. The van der Waals surface area contributed by atoms with E-state index in [1.165, 1.54) is 34.7 Å². The second-order valence-electron chi connectivity index (χ2n) is 10.8. The molecule has 0 radical (unpaired) electrons. The molecule has 2 aliphatic rings. The fraction of sp³-hybridized carbons (Fsp3) is 0.355. The van der Waals surface area contributed by atoms with Crippen LogP contribution in [-0.2, 0) is 16.6 Å². The van der Waals surface area contributed by atoms with Crippen molar-refractivity contribution in [1.82, 2.24) is 19.9 Å². The van der Waals surface area contributed by atoms with Crippen molar-refractivity contribution in [3.63, 3.8) is 0 Å². The van der Waals surface area contributed by atoms with Gasteiger partial charge in [-0.1, -0.05) is 31.7 Å². The molecular formula is C31H35N5O2S3. The molecule has 7 rings (SSSR count). The zero-order valence-corrected chi connectivity index (χ0v) is 24.5. The molecule has 1 saturated carbocycles. The number of aromatic amines is 1. The number of H-pyrrole nitrogens is 1. The number of piperidine rings is 1. The van der Waals surface area contributed by atoms with E-state index in [-0.39, 0.29) is 7.43 Å². The first-order valence-electron chi connectivity index (χ1n) is 13.8. The third kappa shape index (κ3) is 5.83. The van der Waals surface area contributed by atoms with Crippen LogP contribution in [0.3, 0.4) is 0 Å².